The number of hydrogen-bond donors (Lipinski definition) is 2. The molecule has 5 nitrogen and oxygen atoms in total. The lowest BCUT2D eigenvalue weighted by atomic mass is 10.4. The predicted octanol–water partition coefficient (Wildman–Crippen LogP) is 0.857. The first-order valence-electron chi connectivity index (χ1n) is 5.12. The molecule has 0 aromatic rings. The minimum absolute atomic E-state index is 0.374. The van der Waals surface area contributed by atoms with Gasteiger partial charge in [0.25, 0.3) is 0 Å². The molecule has 0 atom stereocenters. The molecule has 0 aromatic carbocycles. The Morgan fingerprint density at radius 2 is 2.27 bits per heavy atom. The second kappa shape index (κ2) is 5.85. The van der Waals surface area contributed by atoms with E-state index in [1.165, 1.54) is 0 Å². The van der Waals surface area contributed by atoms with E-state index in [-0.39, 0.29) is 0 Å². The zero-order chi connectivity index (χ0) is 11.3. The molecule has 0 fully saturated rings. The van der Waals surface area contributed by atoms with Crippen LogP contribution in [0.5, 0.6) is 0 Å². The summed E-state index contributed by atoms with van der Waals surface area (Å²) in [7, 11) is 0. The largest absolute Gasteiger partial charge is 0.355 e. The lowest BCUT2D eigenvalue weighted by Gasteiger charge is -2.27. The third kappa shape index (κ3) is 3.62. The Hall–Kier alpha value is -0.910. The minimum Gasteiger partial charge on any atom is -0.355 e. The molecule has 1 heterocycles. The summed E-state index contributed by atoms with van der Waals surface area (Å²) in [6.07, 6.45) is 2.02. The molecule has 0 amide bonds. The van der Waals surface area contributed by atoms with Crippen molar-refractivity contribution in [3.05, 3.63) is 0 Å². The van der Waals surface area contributed by atoms with Gasteiger partial charge in [-0.25, -0.2) is 4.99 Å². The van der Waals surface area contributed by atoms with E-state index in [2.05, 4.69) is 34.5 Å². The van der Waals surface area contributed by atoms with E-state index >= 15 is 0 Å². The Labute approximate surface area is 95.6 Å². The lowest BCUT2D eigenvalue weighted by molar-refractivity contribution is 0.606. The van der Waals surface area contributed by atoms with Crippen LogP contribution in [0.2, 0.25) is 0 Å². The summed E-state index contributed by atoms with van der Waals surface area (Å²) < 4.78 is 2.03. The second-order valence-electron chi connectivity index (χ2n) is 3.45. The SMILES string of the molecule is CCNC1=NCN(SC)C(NC(C)C)=N1. The normalized spacial score (nSPS) is 16.2. The molecule has 2 N–H and O–H groups in total. The van der Waals surface area contributed by atoms with Gasteiger partial charge in [0, 0.05) is 18.8 Å². The van der Waals surface area contributed by atoms with E-state index < -0.39 is 0 Å². The van der Waals surface area contributed by atoms with Crippen molar-refractivity contribution >= 4 is 23.9 Å². The van der Waals surface area contributed by atoms with Gasteiger partial charge in [-0.3, -0.25) is 4.31 Å². The van der Waals surface area contributed by atoms with E-state index in [1.54, 1.807) is 11.9 Å². The molecular formula is C9H19N5S. The van der Waals surface area contributed by atoms with Crippen LogP contribution in [-0.4, -0.2) is 41.7 Å². The van der Waals surface area contributed by atoms with Crippen LogP contribution in [0, 0.1) is 0 Å². The van der Waals surface area contributed by atoms with Crippen molar-refractivity contribution in [3.63, 3.8) is 0 Å². The predicted molar refractivity (Wildman–Crippen MR) is 67.0 cm³/mol. The van der Waals surface area contributed by atoms with Gasteiger partial charge in [0.15, 0.2) is 0 Å². The third-order valence-electron chi connectivity index (χ3n) is 1.77. The van der Waals surface area contributed by atoms with Gasteiger partial charge in [0.2, 0.25) is 11.9 Å². The Balaban J connectivity index is 2.69. The molecular weight excluding hydrogens is 210 g/mol. The molecule has 86 valence electrons. The molecule has 1 aliphatic heterocycles. The molecule has 0 radical (unpaired) electrons. The Morgan fingerprint density at radius 1 is 1.53 bits per heavy atom. The average molecular weight is 229 g/mol. The Kier molecular flexibility index (Phi) is 4.74. The minimum atomic E-state index is 0.374. The summed E-state index contributed by atoms with van der Waals surface area (Å²) in [5.74, 6) is 1.59. The standard InChI is InChI=1S/C9H19N5S/c1-5-10-8-11-6-14(15-4)9(13-8)12-7(2)3/h7H,5-6H2,1-4H3,(H2,10,11,12,13). The molecule has 0 spiro atoms. The number of nitrogens with zero attached hydrogens (tertiary/aromatic N) is 3. The molecule has 6 heteroatoms. The molecule has 0 saturated heterocycles. The van der Waals surface area contributed by atoms with Gasteiger partial charge in [-0.2, -0.15) is 4.99 Å². The number of hydrogen-bond acceptors (Lipinski definition) is 6. The highest BCUT2D eigenvalue weighted by Crippen LogP contribution is 2.09. The quantitative estimate of drug-likeness (QED) is 0.705. The molecule has 0 unspecified atom stereocenters. The van der Waals surface area contributed by atoms with Gasteiger partial charge in [0.1, 0.15) is 6.67 Å². The van der Waals surface area contributed by atoms with Crippen LogP contribution in [0.25, 0.3) is 0 Å². The van der Waals surface area contributed by atoms with Crippen molar-refractivity contribution in [2.75, 3.05) is 19.5 Å². The van der Waals surface area contributed by atoms with E-state index in [9.17, 15) is 0 Å². The third-order valence-corrected chi connectivity index (χ3v) is 2.50. The zero-order valence-corrected chi connectivity index (χ0v) is 10.6. The van der Waals surface area contributed by atoms with Gasteiger partial charge in [-0.15, -0.1) is 0 Å². The summed E-state index contributed by atoms with van der Waals surface area (Å²) in [5, 5.41) is 6.42. The van der Waals surface area contributed by atoms with Crippen molar-refractivity contribution in [2.24, 2.45) is 9.98 Å². The van der Waals surface area contributed by atoms with Crippen molar-refractivity contribution in [3.8, 4) is 0 Å². The van der Waals surface area contributed by atoms with Gasteiger partial charge in [-0.05, 0) is 32.7 Å². The van der Waals surface area contributed by atoms with Crippen LogP contribution < -0.4 is 10.6 Å². The van der Waals surface area contributed by atoms with Crippen LogP contribution in [0.4, 0.5) is 0 Å². The van der Waals surface area contributed by atoms with Crippen molar-refractivity contribution in [1.82, 2.24) is 14.9 Å². The fraction of sp³-hybridized carbons (Fsp3) is 0.778. The first-order chi connectivity index (χ1) is 7.17. The van der Waals surface area contributed by atoms with E-state index in [0.717, 1.165) is 12.5 Å². The Bertz CT molecular complexity index is 261. The summed E-state index contributed by atoms with van der Waals surface area (Å²) >= 11 is 1.62. The molecule has 0 aromatic heterocycles. The lowest BCUT2D eigenvalue weighted by Crippen LogP contribution is -2.45. The smallest absolute Gasteiger partial charge is 0.223 e. The van der Waals surface area contributed by atoms with Gasteiger partial charge >= 0.3 is 0 Å². The maximum atomic E-state index is 4.41. The van der Waals surface area contributed by atoms with E-state index in [4.69, 9.17) is 0 Å². The van der Waals surface area contributed by atoms with Crippen molar-refractivity contribution in [2.45, 2.75) is 26.8 Å². The monoisotopic (exact) mass is 229 g/mol. The topological polar surface area (TPSA) is 52.0 Å². The van der Waals surface area contributed by atoms with E-state index in [1.807, 2.05) is 17.5 Å². The highest BCUT2D eigenvalue weighted by atomic mass is 32.2. The maximum absolute atomic E-state index is 4.41. The molecule has 0 bridgehead atoms. The fourth-order valence-electron chi connectivity index (χ4n) is 1.15. The van der Waals surface area contributed by atoms with Crippen LogP contribution in [0.15, 0.2) is 9.98 Å². The number of nitrogens with one attached hydrogen (secondary N) is 2. The maximum Gasteiger partial charge on any atom is 0.223 e. The van der Waals surface area contributed by atoms with Crippen LogP contribution in [0.3, 0.4) is 0 Å². The first kappa shape index (κ1) is 12.2. The van der Waals surface area contributed by atoms with Crippen LogP contribution >= 0.6 is 11.9 Å². The number of guanidine groups is 2. The molecule has 0 saturated carbocycles. The van der Waals surface area contributed by atoms with E-state index in [0.29, 0.717) is 18.7 Å². The highest BCUT2D eigenvalue weighted by molar-refractivity contribution is 7.96. The summed E-state index contributed by atoms with van der Waals surface area (Å²) in [5.41, 5.74) is 0. The van der Waals surface area contributed by atoms with Gasteiger partial charge in [0.05, 0.1) is 0 Å². The van der Waals surface area contributed by atoms with Crippen molar-refractivity contribution in [1.29, 1.82) is 0 Å². The molecule has 1 aliphatic rings. The van der Waals surface area contributed by atoms with Gasteiger partial charge < -0.3 is 10.6 Å². The molecule has 0 aliphatic carbocycles. The molecule has 1 rings (SSSR count). The number of rotatable bonds is 3. The zero-order valence-electron chi connectivity index (χ0n) is 9.74. The summed E-state index contributed by atoms with van der Waals surface area (Å²) in [4.78, 5) is 8.73. The van der Waals surface area contributed by atoms with Gasteiger partial charge in [-0.1, -0.05) is 0 Å². The van der Waals surface area contributed by atoms with Crippen LogP contribution in [-0.2, 0) is 0 Å². The average Bonchev–Trinajstić information content (AvgIpc) is 2.18. The molecule has 15 heavy (non-hydrogen) atoms. The Morgan fingerprint density at radius 3 is 2.80 bits per heavy atom. The highest BCUT2D eigenvalue weighted by Gasteiger charge is 2.16. The number of aliphatic imine (C=N–C) groups is 2. The fourth-order valence-corrected chi connectivity index (χ4v) is 1.59. The summed E-state index contributed by atoms with van der Waals surface area (Å²) in [6.45, 7) is 7.71. The second-order valence-corrected chi connectivity index (χ2v) is 4.25. The summed E-state index contributed by atoms with van der Waals surface area (Å²) in [6, 6.07) is 0.374. The van der Waals surface area contributed by atoms with Crippen molar-refractivity contribution < 1.29 is 0 Å². The first-order valence-corrected chi connectivity index (χ1v) is 6.30. The van der Waals surface area contributed by atoms with Crippen LogP contribution in [0.1, 0.15) is 20.8 Å².